The first kappa shape index (κ1) is 23.5. The van der Waals surface area contributed by atoms with Crippen LogP contribution in [-0.4, -0.2) is 47.7 Å². The molecule has 7 heteroatoms. The highest BCUT2D eigenvalue weighted by atomic mass is 79.9. The summed E-state index contributed by atoms with van der Waals surface area (Å²) in [6, 6.07) is 12.5. The molecule has 0 aliphatic heterocycles. The first-order valence-corrected chi connectivity index (χ1v) is 12.1. The fourth-order valence-electron chi connectivity index (χ4n) is 5.06. The number of aliphatic imine (C=N–C) groups is 1. The summed E-state index contributed by atoms with van der Waals surface area (Å²) in [7, 11) is 3.17. The van der Waals surface area contributed by atoms with Crippen molar-refractivity contribution in [2.24, 2.45) is 10.4 Å². The third-order valence-electron chi connectivity index (χ3n) is 6.78. The molecular weight excluding hydrogens is 486 g/mol. The number of rotatable bonds is 7. The van der Waals surface area contributed by atoms with Gasteiger partial charge in [-0.1, -0.05) is 65.5 Å². The van der Waals surface area contributed by atoms with Crippen molar-refractivity contribution in [3.05, 3.63) is 48.0 Å². The molecular formula is C26H28BrNO5. The normalized spacial score (nSPS) is 21.5. The molecule has 2 aromatic carbocycles. The zero-order chi connectivity index (χ0) is 23.6. The number of benzene rings is 2. The van der Waals surface area contributed by atoms with Crippen molar-refractivity contribution < 1.29 is 24.2 Å². The molecule has 1 spiro atoms. The predicted molar refractivity (Wildman–Crippen MR) is 131 cm³/mol. The van der Waals surface area contributed by atoms with E-state index in [0.717, 1.165) is 48.8 Å². The maximum absolute atomic E-state index is 12.7. The first-order valence-electron chi connectivity index (χ1n) is 11.2. The van der Waals surface area contributed by atoms with E-state index >= 15 is 0 Å². The SMILES string of the molecule is COc1cc(C[C@H](N=C2C(Br)C(=O)C23CCCCC3)C(=O)O)cc(OC)c1-c1ccccc1. The Kier molecular flexibility index (Phi) is 6.88. The van der Waals surface area contributed by atoms with Crippen molar-refractivity contribution >= 4 is 33.4 Å². The van der Waals surface area contributed by atoms with Crippen LogP contribution in [-0.2, 0) is 16.0 Å². The largest absolute Gasteiger partial charge is 0.496 e. The van der Waals surface area contributed by atoms with Gasteiger partial charge < -0.3 is 14.6 Å². The van der Waals surface area contributed by atoms with E-state index in [4.69, 9.17) is 9.47 Å². The molecule has 6 nitrogen and oxygen atoms in total. The molecule has 2 aliphatic carbocycles. The van der Waals surface area contributed by atoms with E-state index in [0.29, 0.717) is 17.2 Å². The minimum Gasteiger partial charge on any atom is -0.496 e. The van der Waals surface area contributed by atoms with E-state index in [9.17, 15) is 14.7 Å². The smallest absolute Gasteiger partial charge is 0.328 e. The maximum atomic E-state index is 12.7. The summed E-state index contributed by atoms with van der Waals surface area (Å²) in [6.07, 6.45) is 4.73. The van der Waals surface area contributed by atoms with E-state index < -0.39 is 22.3 Å². The van der Waals surface area contributed by atoms with Crippen LogP contribution in [0, 0.1) is 5.41 Å². The highest BCUT2D eigenvalue weighted by Gasteiger charge is 2.58. The van der Waals surface area contributed by atoms with Crippen LogP contribution in [0.4, 0.5) is 0 Å². The second kappa shape index (κ2) is 9.67. The number of carboxylic acids is 1. The number of carbonyl (C=O) groups excluding carboxylic acids is 1. The number of methoxy groups -OCH3 is 2. The Morgan fingerprint density at radius 1 is 1.12 bits per heavy atom. The third kappa shape index (κ3) is 4.31. The van der Waals surface area contributed by atoms with Crippen molar-refractivity contribution in [2.45, 2.75) is 49.4 Å². The fraction of sp³-hybridized carbons (Fsp3) is 0.423. The summed E-state index contributed by atoms with van der Waals surface area (Å²) in [5.41, 5.74) is 2.62. The van der Waals surface area contributed by atoms with Gasteiger partial charge in [-0.15, -0.1) is 0 Å². The number of carbonyl (C=O) groups is 2. The van der Waals surface area contributed by atoms with E-state index in [1.165, 1.54) is 0 Å². The van der Waals surface area contributed by atoms with Gasteiger partial charge in [-0.05, 0) is 36.1 Å². The van der Waals surface area contributed by atoms with E-state index in [1.807, 2.05) is 42.5 Å². The lowest BCUT2D eigenvalue weighted by Crippen LogP contribution is -2.61. The van der Waals surface area contributed by atoms with Gasteiger partial charge in [-0.25, -0.2) is 4.79 Å². The lowest BCUT2D eigenvalue weighted by molar-refractivity contribution is -0.138. The van der Waals surface area contributed by atoms with Gasteiger partial charge in [-0.2, -0.15) is 0 Å². The molecule has 0 heterocycles. The van der Waals surface area contributed by atoms with Gasteiger partial charge in [0.15, 0.2) is 11.8 Å². The average molecular weight is 514 g/mol. The fourth-order valence-corrected chi connectivity index (χ4v) is 6.05. The Balaban J connectivity index is 1.68. The number of nitrogens with zero attached hydrogens (tertiary/aromatic N) is 1. The molecule has 1 unspecified atom stereocenters. The van der Waals surface area contributed by atoms with Crippen LogP contribution in [0.5, 0.6) is 11.5 Å². The molecule has 2 fully saturated rings. The van der Waals surface area contributed by atoms with Gasteiger partial charge in [0.2, 0.25) is 0 Å². The molecule has 2 aromatic rings. The topological polar surface area (TPSA) is 85.2 Å². The number of hydrogen-bond acceptors (Lipinski definition) is 5. The van der Waals surface area contributed by atoms with Crippen molar-refractivity contribution in [2.75, 3.05) is 14.2 Å². The number of carboxylic acid groups (broad SMARTS) is 1. The molecule has 0 radical (unpaired) electrons. The summed E-state index contributed by atoms with van der Waals surface area (Å²) in [5, 5.41) is 9.96. The Bertz CT molecular complexity index is 1050. The van der Waals surface area contributed by atoms with Crippen molar-refractivity contribution in [1.29, 1.82) is 0 Å². The monoisotopic (exact) mass is 513 g/mol. The van der Waals surface area contributed by atoms with Gasteiger partial charge in [-0.3, -0.25) is 9.79 Å². The molecule has 0 amide bonds. The highest BCUT2D eigenvalue weighted by Crippen LogP contribution is 2.49. The molecule has 2 saturated carbocycles. The Morgan fingerprint density at radius 3 is 2.27 bits per heavy atom. The van der Waals surface area contributed by atoms with Gasteiger partial charge in [0.25, 0.3) is 0 Å². The highest BCUT2D eigenvalue weighted by molar-refractivity contribution is 9.10. The van der Waals surface area contributed by atoms with Crippen LogP contribution in [0.1, 0.15) is 37.7 Å². The maximum Gasteiger partial charge on any atom is 0.328 e. The zero-order valence-corrected chi connectivity index (χ0v) is 20.4. The summed E-state index contributed by atoms with van der Waals surface area (Å²) in [6.45, 7) is 0. The molecule has 33 heavy (non-hydrogen) atoms. The van der Waals surface area contributed by atoms with Crippen molar-refractivity contribution in [3.8, 4) is 22.6 Å². The van der Waals surface area contributed by atoms with E-state index in [1.54, 1.807) is 14.2 Å². The summed E-state index contributed by atoms with van der Waals surface area (Å²) in [5.74, 6) is 0.333. The number of alkyl halides is 1. The Labute approximate surface area is 202 Å². The van der Waals surface area contributed by atoms with Gasteiger partial charge in [0.1, 0.15) is 16.3 Å². The number of aliphatic carboxylic acids is 1. The van der Waals surface area contributed by atoms with Crippen LogP contribution in [0.25, 0.3) is 11.1 Å². The number of Topliss-reactive ketones (excluding diaryl/α,β-unsaturated/α-hetero) is 1. The lowest BCUT2D eigenvalue weighted by Gasteiger charge is -2.47. The third-order valence-corrected chi connectivity index (χ3v) is 7.63. The van der Waals surface area contributed by atoms with Crippen LogP contribution < -0.4 is 9.47 Å². The second-order valence-electron chi connectivity index (χ2n) is 8.68. The molecule has 0 bridgehead atoms. The number of ether oxygens (including phenoxy) is 2. The van der Waals surface area contributed by atoms with Crippen molar-refractivity contribution in [1.82, 2.24) is 0 Å². The quantitative estimate of drug-likeness (QED) is 0.520. The molecule has 0 aromatic heterocycles. The summed E-state index contributed by atoms with van der Waals surface area (Å²) >= 11 is 3.43. The van der Waals surface area contributed by atoms with Crippen molar-refractivity contribution in [3.63, 3.8) is 0 Å². The molecule has 4 rings (SSSR count). The van der Waals surface area contributed by atoms with E-state index in [-0.39, 0.29) is 12.2 Å². The minimum atomic E-state index is -1.02. The van der Waals surface area contributed by atoms with E-state index in [2.05, 4.69) is 20.9 Å². The lowest BCUT2D eigenvalue weighted by atomic mass is 9.58. The predicted octanol–water partition coefficient (Wildman–Crippen LogP) is 5.10. The van der Waals surface area contributed by atoms with Crippen LogP contribution in [0.15, 0.2) is 47.5 Å². The van der Waals surface area contributed by atoms with Gasteiger partial charge >= 0.3 is 5.97 Å². The molecule has 0 saturated heterocycles. The summed E-state index contributed by atoms with van der Waals surface area (Å²) < 4.78 is 11.3. The van der Waals surface area contributed by atoms with Crippen LogP contribution >= 0.6 is 15.9 Å². The van der Waals surface area contributed by atoms with Crippen LogP contribution in [0.3, 0.4) is 0 Å². The number of hydrogen-bond donors (Lipinski definition) is 1. The second-order valence-corrected chi connectivity index (χ2v) is 9.60. The Hall–Kier alpha value is -2.67. The Morgan fingerprint density at radius 2 is 1.73 bits per heavy atom. The first-order chi connectivity index (χ1) is 15.9. The molecule has 174 valence electrons. The number of halogens is 1. The van der Waals surface area contributed by atoms with Gasteiger partial charge in [0.05, 0.1) is 25.2 Å². The molecule has 2 atom stereocenters. The number of ketones is 1. The summed E-state index contributed by atoms with van der Waals surface area (Å²) in [4.78, 5) is 29.0. The van der Waals surface area contributed by atoms with Gasteiger partial charge in [0, 0.05) is 12.1 Å². The molecule has 1 N–H and O–H groups in total. The zero-order valence-electron chi connectivity index (χ0n) is 18.8. The van der Waals surface area contributed by atoms with Crippen LogP contribution in [0.2, 0.25) is 0 Å². The standard InChI is InChI=1S/C26H28BrNO5/c1-32-19-14-16(15-20(33-2)21(19)17-9-5-3-6-10-17)13-18(25(30)31)28-23-22(27)24(29)26(23)11-7-4-8-12-26/h3,5-6,9-10,14-15,18,22H,4,7-8,11-13H2,1-2H3,(H,30,31)/t18-,22?/m0/s1. The minimum absolute atomic E-state index is 0.139. The average Bonchev–Trinajstić information content (AvgIpc) is 2.86. The molecule has 2 aliphatic rings.